The molecule has 1 heterocycles. The van der Waals surface area contributed by atoms with Gasteiger partial charge in [0.1, 0.15) is 0 Å². The Morgan fingerprint density at radius 3 is 2.75 bits per heavy atom. The van der Waals surface area contributed by atoms with Gasteiger partial charge in [0.2, 0.25) is 0 Å². The van der Waals surface area contributed by atoms with Crippen LogP contribution >= 0.6 is 0 Å². The SMILES string of the molecule is Cc1cc(C2(CN)CC2)c2ccccc2n1. The van der Waals surface area contributed by atoms with Crippen molar-refractivity contribution in [2.24, 2.45) is 5.73 Å². The predicted octanol–water partition coefficient (Wildman–Crippen LogP) is 2.53. The van der Waals surface area contributed by atoms with Gasteiger partial charge < -0.3 is 5.73 Å². The second kappa shape index (κ2) is 3.29. The summed E-state index contributed by atoms with van der Waals surface area (Å²) in [6, 6.07) is 10.6. The fourth-order valence-electron chi connectivity index (χ4n) is 2.48. The Hall–Kier alpha value is -1.41. The summed E-state index contributed by atoms with van der Waals surface area (Å²) in [6.45, 7) is 2.81. The van der Waals surface area contributed by atoms with Crippen molar-refractivity contribution in [1.29, 1.82) is 0 Å². The standard InChI is InChI=1S/C14H16N2/c1-10-8-12(14(9-15)6-7-14)11-4-2-3-5-13(11)16-10/h2-5,8H,6-7,9,15H2,1H3. The van der Waals surface area contributed by atoms with Crippen LogP contribution < -0.4 is 5.73 Å². The minimum Gasteiger partial charge on any atom is -0.330 e. The summed E-state index contributed by atoms with van der Waals surface area (Å²) in [5, 5.41) is 1.27. The average Bonchev–Trinajstić information content (AvgIpc) is 3.08. The summed E-state index contributed by atoms with van der Waals surface area (Å²) in [5.74, 6) is 0. The first-order valence-electron chi connectivity index (χ1n) is 5.82. The fraction of sp³-hybridized carbons (Fsp3) is 0.357. The third kappa shape index (κ3) is 1.34. The highest BCUT2D eigenvalue weighted by Gasteiger charge is 2.43. The lowest BCUT2D eigenvalue weighted by molar-refractivity contribution is 0.709. The molecule has 1 aromatic heterocycles. The van der Waals surface area contributed by atoms with Crippen molar-refractivity contribution in [1.82, 2.24) is 4.98 Å². The van der Waals surface area contributed by atoms with Crippen LogP contribution in [0.25, 0.3) is 10.9 Å². The molecule has 0 radical (unpaired) electrons. The smallest absolute Gasteiger partial charge is 0.0708 e. The van der Waals surface area contributed by atoms with E-state index in [1.54, 1.807) is 0 Å². The topological polar surface area (TPSA) is 38.9 Å². The quantitative estimate of drug-likeness (QED) is 0.830. The van der Waals surface area contributed by atoms with Gasteiger partial charge in [-0.3, -0.25) is 4.98 Å². The molecule has 0 atom stereocenters. The molecular weight excluding hydrogens is 196 g/mol. The van der Waals surface area contributed by atoms with E-state index in [-0.39, 0.29) is 5.41 Å². The molecule has 2 aromatic rings. The maximum absolute atomic E-state index is 5.92. The first kappa shape index (κ1) is 9.79. The van der Waals surface area contributed by atoms with Crippen molar-refractivity contribution in [2.45, 2.75) is 25.2 Å². The summed E-state index contributed by atoms with van der Waals surface area (Å²) in [6.07, 6.45) is 2.44. The molecule has 16 heavy (non-hydrogen) atoms. The van der Waals surface area contributed by atoms with Crippen LogP contribution in [0.1, 0.15) is 24.1 Å². The summed E-state index contributed by atoms with van der Waals surface area (Å²) >= 11 is 0. The van der Waals surface area contributed by atoms with Crippen LogP contribution in [0.2, 0.25) is 0 Å². The van der Waals surface area contributed by atoms with Gasteiger partial charge >= 0.3 is 0 Å². The normalized spacial score (nSPS) is 17.6. The van der Waals surface area contributed by atoms with Gasteiger partial charge in [-0.1, -0.05) is 18.2 Å². The summed E-state index contributed by atoms with van der Waals surface area (Å²) in [5.41, 5.74) is 9.75. The molecule has 0 amide bonds. The molecule has 1 aliphatic rings. The number of fused-ring (bicyclic) bond motifs is 1. The van der Waals surface area contributed by atoms with Crippen LogP contribution in [0, 0.1) is 6.92 Å². The van der Waals surface area contributed by atoms with Crippen LogP contribution in [-0.2, 0) is 5.41 Å². The molecule has 2 heteroatoms. The molecular formula is C14H16N2. The molecule has 3 rings (SSSR count). The third-order valence-electron chi connectivity index (χ3n) is 3.66. The van der Waals surface area contributed by atoms with Gasteiger partial charge in [0.25, 0.3) is 0 Å². The Morgan fingerprint density at radius 2 is 2.06 bits per heavy atom. The Bertz CT molecular complexity index is 541. The Morgan fingerprint density at radius 1 is 1.31 bits per heavy atom. The van der Waals surface area contributed by atoms with Gasteiger partial charge in [-0.05, 0) is 37.5 Å². The lowest BCUT2D eigenvalue weighted by Crippen LogP contribution is -2.20. The maximum Gasteiger partial charge on any atom is 0.0708 e. The lowest BCUT2D eigenvalue weighted by Gasteiger charge is -2.16. The molecule has 0 bridgehead atoms. The van der Waals surface area contributed by atoms with Crippen LogP contribution in [0.5, 0.6) is 0 Å². The van der Waals surface area contributed by atoms with Crippen molar-refractivity contribution in [3.05, 3.63) is 41.6 Å². The molecule has 0 spiro atoms. The monoisotopic (exact) mass is 212 g/mol. The Labute approximate surface area is 95.5 Å². The minimum atomic E-state index is 0.243. The molecule has 1 fully saturated rings. The van der Waals surface area contributed by atoms with Gasteiger partial charge in [0, 0.05) is 23.0 Å². The number of aromatic nitrogens is 1. The zero-order valence-electron chi connectivity index (χ0n) is 9.53. The van der Waals surface area contributed by atoms with Crippen molar-refractivity contribution < 1.29 is 0 Å². The van der Waals surface area contributed by atoms with Crippen molar-refractivity contribution in [3.8, 4) is 0 Å². The van der Waals surface area contributed by atoms with Gasteiger partial charge in [-0.15, -0.1) is 0 Å². The maximum atomic E-state index is 5.92. The number of hydrogen-bond acceptors (Lipinski definition) is 2. The highest BCUT2D eigenvalue weighted by molar-refractivity contribution is 5.84. The first-order chi connectivity index (χ1) is 7.75. The number of benzene rings is 1. The van der Waals surface area contributed by atoms with Crippen LogP contribution in [-0.4, -0.2) is 11.5 Å². The van der Waals surface area contributed by atoms with Gasteiger partial charge in [-0.25, -0.2) is 0 Å². The van der Waals surface area contributed by atoms with Crippen molar-refractivity contribution >= 4 is 10.9 Å². The molecule has 1 saturated carbocycles. The minimum absolute atomic E-state index is 0.243. The van der Waals surface area contributed by atoms with E-state index in [1.807, 2.05) is 6.07 Å². The Balaban J connectivity index is 2.30. The van der Waals surface area contributed by atoms with Crippen LogP contribution in [0.3, 0.4) is 0 Å². The van der Waals surface area contributed by atoms with E-state index in [0.717, 1.165) is 17.8 Å². The van der Waals surface area contributed by atoms with Crippen LogP contribution in [0.4, 0.5) is 0 Å². The number of para-hydroxylation sites is 1. The van der Waals surface area contributed by atoms with Gasteiger partial charge in [0.05, 0.1) is 5.52 Å². The molecule has 2 N–H and O–H groups in total. The summed E-state index contributed by atoms with van der Waals surface area (Å²) < 4.78 is 0. The highest BCUT2D eigenvalue weighted by atomic mass is 14.7. The number of pyridine rings is 1. The lowest BCUT2D eigenvalue weighted by atomic mass is 9.92. The highest BCUT2D eigenvalue weighted by Crippen LogP contribution is 2.49. The molecule has 1 aliphatic carbocycles. The second-order valence-corrected chi connectivity index (χ2v) is 4.81. The molecule has 82 valence electrons. The molecule has 0 saturated heterocycles. The van der Waals surface area contributed by atoms with Crippen molar-refractivity contribution in [3.63, 3.8) is 0 Å². The number of rotatable bonds is 2. The molecule has 2 nitrogen and oxygen atoms in total. The van der Waals surface area contributed by atoms with E-state index < -0.39 is 0 Å². The molecule has 1 aromatic carbocycles. The van der Waals surface area contributed by atoms with E-state index >= 15 is 0 Å². The zero-order valence-corrected chi connectivity index (χ0v) is 9.53. The number of nitrogens with two attached hydrogens (primary N) is 1. The summed E-state index contributed by atoms with van der Waals surface area (Å²) in [7, 11) is 0. The van der Waals surface area contributed by atoms with Gasteiger partial charge in [-0.2, -0.15) is 0 Å². The first-order valence-corrected chi connectivity index (χ1v) is 5.82. The number of aryl methyl sites for hydroxylation is 1. The largest absolute Gasteiger partial charge is 0.330 e. The molecule has 0 aliphatic heterocycles. The van der Waals surface area contributed by atoms with E-state index in [2.05, 4.69) is 36.2 Å². The predicted molar refractivity (Wildman–Crippen MR) is 66.4 cm³/mol. The molecule has 0 unspecified atom stereocenters. The van der Waals surface area contributed by atoms with E-state index in [9.17, 15) is 0 Å². The Kier molecular flexibility index (Phi) is 2.01. The van der Waals surface area contributed by atoms with Gasteiger partial charge in [0.15, 0.2) is 0 Å². The number of hydrogen-bond donors (Lipinski definition) is 1. The van der Waals surface area contributed by atoms with E-state index in [1.165, 1.54) is 23.8 Å². The number of nitrogens with zero attached hydrogens (tertiary/aromatic N) is 1. The van der Waals surface area contributed by atoms with E-state index in [0.29, 0.717) is 0 Å². The van der Waals surface area contributed by atoms with E-state index in [4.69, 9.17) is 5.73 Å². The second-order valence-electron chi connectivity index (χ2n) is 4.81. The fourth-order valence-corrected chi connectivity index (χ4v) is 2.48. The third-order valence-corrected chi connectivity index (χ3v) is 3.66. The zero-order chi connectivity index (χ0) is 11.2. The van der Waals surface area contributed by atoms with Crippen molar-refractivity contribution in [2.75, 3.05) is 6.54 Å². The van der Waals surface area contributed by atoms with Crippen LogP contribution in [0.15, 0.2) is 30.3 Å². The average molecular weight is 212 g/mol. The summed E-state index contributed by atoms with van der Waals surface area (Å²) in [4.78, 5) is 4.57.